The van der Waals surface area contributed by atoms with Crippen LogP contribution < -0.4 is 4.90 Å². The van der Waals surface area contributed by atoms with Crippen molar-refractivity contribution in [3.63, 3.8) is 0 Å². The number of hydrogen-bond acceptors (Lipinski definition) is 5. The Balaban J connectivity index is 1.95. The molecule has 1 aliphatic heterocycles. The summed E-state index contributed by atoms with van der Waals surface area (Å²) in [5.41, 5.74) is 3.34. The van der Waals surface area contributed by atoms with Gasteiger partial charge in [0.15, 0.2) is 0 Å². The van der Waals surface area contributed by atoms with E-state index >= 15 is 0 Å². The quantitative estimate of drug-likeness (QED) is 0.600. The van der Waals surface area contributed by atoms with E-state index in [0.29, 0.717) is 13.1 Å². The summed E-state index contributed by atoms with van der Waals surface area (Å²) < 4.78 is 0. The van der Waals surface area contributed by atoms with Crippen LogP contribution >= 0.6 is 12.6 Å². The van der Waals surface area contributed by atoms with E-state index in [4.69, 9.17) is 10.2 Å². The van der Waals surface area contributed by atoms with Crippen LogP contribution in [-0.2, 0) is 0 Å². The molecule has 130 valence electrons. The maximum absolute atomic E-state index is 9.11. The molecule has 0 saturated carbocycles. The minimum Gasteiger partial charge on any atom is -0.395 e. The summed E-state index contributed by atoms with van der Waals surface area (Å²) in [6.07, 6.45) is 10.6. The Labute approximate surface area is 149 Å². The highest BCUT2D eigenvalue weighted by Gasteiger charge is 2.05. The fourth-order valence-electron chi connectivity index (χ4n) is 2.56. The third-order valence-corrected chi connectivity index (χ3v) is 4.09. The Bertz CT molecular complexity index is 576. The third kappa shape index (κ3) is 5.74. The summed E-state index contributed by atoms with van der Waals surface area (Å²) in [6.45, 7) is 3.09. The molecule has 24 heavy (non-hydrogen) atoms. The van der Waals surface area contributed by atoms with Gasteiger partial charge in [0.05, 0.1) is 13.2 Å². The van der Waals surface area contributed by atoms with Gasteiger partial charge in [-0.2, -0.15) is 12.6 Å². The summed E-state index contributed by atoms with van der Waals surface area (Å²) in [4.78, 5) is 4.20. The molecule has 0 aromatic heterocycles. The molecule has 0 unspecified atom stereocenters. The number of allylic oxidation sites excluding steroid dienone is 3. The molecule has 2 rings (SSSR count). The van der Waals surface area contributed by atoms with Crippen molar-refractivity contribution in [3.05, 3.63) is 59.8 Å². The highest BCUT2D eigenvalue weighted by Crippen LogP contribution is 2.17. The van der Waals surface area contributed by atoms with Crippen LogP contribution in [0.5, 0.6) is 0 Å². The number of hydrogen-bond donors (Lipinski definition) is 3. The maximum Gasteiger partial charge on any atom is 0.0606 e. The topological polar surface area (TPSA) is 46.9 Å². The van der Waals surface area contributed by atoms with Gasteiger partial charge in [-0.15, -0.1) is 0 Å². The molecule has 2 N–H and O–H groups in total. The predicted molar refractivity (Wildman–Crippen MR) is 105 cm³/mol. The van der Waals surface area contributed by atoms with E-state index in [1.54, 1.807) is 0 Å². The zero-order valence-electron chi connectivity index (χ0n) is 13.9. The normalized spacial score (nSPS) is 14.3. The Morgan fingerprint density at radius 3 is 2.33 bits per heavy atom. The van der Waals surface area contributed by atoms with Crippen molar-refractivity contribution in [2.75, 3.05) is 50.0 Å². The molecule has 0 atom stereocenters. The second kappa shape index (κ2) is 10.2. The van der Waals surface area contributed by atoms with Crippen LogP contribution in [0.15, 0.2) is 54.3 Å². The van der Waals surface area contributed by atoms with Gasteiger partial charge in [-0.05, 0) is 35.5 Å². The first-order chi connectivity index (χ1) is 11.8. The number of nitrogens with zero attached hydrogens (tertiary/aromatic N) is 2. The van der Waals surface area contributed by atoms with Crippen molar-refractivity contribution >= 4 is 24.4 Å². The van der Waals surface area contributed by atoms with Crippen molar-refractivity contribution in [1.29, 1.82) is 0 Å². The molecule has 1 aliphatic rings. The first kappa shape index (κ1) is 18.6. The van der Waals surface area contributed by atoms with Gasteiger partial charge in [0.1, 0.15) is 0 Å². The molecule has 0 fully saturated rings. The molecule has 1 aromatic rings. The number of benzene rings is 1. The van der Waals surface area contributed by atoms with E-state index in [9.17, 15) is 0 Å². The van der Waals surface area contributed by atoms with Crippen LogP contribution in [0, 0.1) is 0 Å². The highest BCUT2D eigenvalue weighted by atomic mass is 32.1. The molecule has 4 nitrogen and oxygen atoms in total. The van der Waals surface area contributed by atoms with Crippen molar-refractivity contribution in [3.8, 4) is 0 Å². The lowest BCUT2D eigenvalue weighted by molar-refractivity contribution is 0.281. The largest absolute Gasteiger partial charge is 0.395 e. The zero-order valence-corrected chi connectivity index (χ0v) is 14.8. The van der Waals surface area contributed by atoms with Crippen molar-refractivity contribution in [1.82, 2.24) is 4.90 Å². The summed E-state index contributed by atoms with van der Waals surface area (Å²) in [6, 6.07) is 8.14. The average Bonchev–Trinajstić information content (AvgIpc) is 2.62. The van der Waals surface area contributed by atoms with E-state index in [1.807, 2.05) is 29.2 Å². The minimum atomic E-state index is 0.0758. The molecular formula is C19H26N2O2S. The molecule has 0 amide bonds. The predicted octanol–water partition coefficient (Wildman–Crippen LogP) is 2.18. The second-order valence-corrected chi connectivity index (χ2v) is 6.04. The third-order valence-electron chi connectivity index (χ3n) is 3.89. The first-order valence-corrected chi connectivity index (χ1v) is 8.88. The van der Waals surface area contributed by atoms with E-state index in [0.717, 1.165) is 30.1 Å². The van der Waals surface area contributed by atoms with Gasteiger partial charge >= 0.3 is 0 Å². The Morgan fingerprint density at radius 1 is 1.08 bits per heavy atom. The minimum absolute atomic E-state index is 0.0758. The van der Waals surface area contributed by atoms with E-state index in [1.165, 1.54) is 5.57 Å². The zero-order chi connectivity index (χ0) is 17.2. The number of anilines is 1. The van der Waals surface area contributed by atoms with Gasteiger partial charge < -0.3 is 20.0 Å². The fourth-order valence-corrected chi connectivity index (χ4v) is 2.82. The SMILES string of the molecule is OCCN(CCO)c1ccc(/C=C/C2=CCN(CCS)C=C2)cc1. The molecular weight excluding hydrogens is 320 g/mol. The standard InChI is InChI=1S/C19H26N2O2S/c22-14-11-21(12-15-23)19-5-3-17(4-6-19)1-2-18-7-9-20(10-8-18)13-16-24/h1-9,22-24H,10-16H2/b2-1+. The molecule has 0 aliphatic carbocycles. The van der Waals surface area contributed by atoms with E-state index in [-0.39, 0.29) is 13.2 Å². The van der Waals surface area contributed by atoms with Crippen molar-refractivity contribution < 1.29 is 10.2 Å². The highest BCUT2D eigenvalue weighted by molar-refractivity contribution is 7.80. The summed E-state index contributed by atoms with van der Waals surface area (Å²) >= 11 is 4.25. The summed E-state index contributed by atoms with van der Waals surface area (Å²) in [5.74, 6) is 0.860. The number of rotatable bonds is 9. The fraction of sp³-hybridized carbons (Fsp3) is 0.368. The van der Waals surface area contributed by atoms with Crippen LogP contribution in [0.4, 0.5) is 5.69 Å². The van der Waals surface area contributed by atoms with Gasteiger partial charge in [0, 0.05) is 37.6 Å². The Morgan fingerprint density at radius 2 is 1.79 bits per heavy atom. The van der Waals surface area contributed by atoms with Crippen molar-refractivity contribution in [2.45, 2.75) is 0 Å². The monoisotopic (exact) mass is 346 g/mol. The van der Waals surface area contributed by atoms with E-state index in [2.05, 4.69) is 48.0 Å². The molecule has 0 radical (unpaired) electrons. The Hall–Kier alpha value is -1.69. The van der Waals surface area contributed by atoms with Gasteiger partial charge in [0.2, 0.25) is 0 Å². The number of aliphatic hydroxyl groups excluding tert-OH is 2. The molecule has 5 heteroatoms. The summed E-state index contributed by atoms with van der Waals surface area (Å²) in [7, 11) is 0. The van der Waals surface area contributed by atoms with Crippen LogP contribution in [-0.4, -0.2) is 60.3 Å². The lowest BCUT2D eigenvalue weighted by Gasteiger charge is -2.23. The second-order valence-electron chi connectivity index (χ2n) is 5.60. The lowest BCUT2D eigenvalue weighted by atomic mass is 10.1. The summed E-state index contributed by atoms with van der Waals surface area (Å²) in [5, 5.41) is 18.2. The van der Waals surface area contributed by atoms with Crippen molar-refractivity contribution in [2.24, 2.45) is 0 Å². The first-order valence-electron chi connectivity index (χ1n) is 8.25. The maximum atomic E-state index is 9.11. The van der Waals surface area contributed by atoms with Crippen LogP contribution in [0.1, 0.15) is 5.56 Å². The van der Waals surface area contributed by atoms with Gasteiger partial charge in [-0.3, -0.25) is 0 Å². The van der Waals surface area contributed by atoms with Crippen LogP contribution in [0.2, 0.25) is 0 Å². The van der Waals surface area contributed by atoms with Gasteiger partial charge in [0.25, 0.3) is 0 Å². The molecule has 0 bridgehead atoms. The molecule has 1 aromatic carbocycles. The molecule has 0 spiro atoms. The molecule has 0 saturated heterocycles. The van der Waals surface area contributed by atoms with Gasteiger partial charge in [-0.1, -0.05) is 30.4 Å². The molecule has 1 heterocycles. The van der Waals surface area contributed by atoms with Crippen LogP contribution in [0.3, 0.4) is 0 Å². The number of thiol groups is 1. The van der Waals surface area contributed by atoms with E-state index < -0.39 is 0 Å². The van der Waals surface area contributed by atoms with Gasteiger partial charge in [-0.25, -0.2) is 0 Å². The smallest absolute Gasteiger partial charge is 0.0606 e. The average molecular weight is 346 g/mol. The lowest BCUT2D eigenvalue weighted by Crippen LogP contribution is -2.29. The number of aliphatic hydroxyl groups is 2. The Kier molecular flexibility index (Phi) is 7.95. The van der Waals surface area contributed by atoms with Crippen LogP contribution in [0.25, 0.3) is 6.08 Å².